The Labute approximate surface area is 141 Å². The molecule has 130 valence electrons. The van der Waals surface area contributed by atoms with Gasteiger partial charge in [-0.1, -0.05) is 6.07 Å². The topological polar surface area (TPSA) is 68.6 Å². The van der Waals surface area contributed by atoms with Crippen LogP contribution >= 0.6 is 0 Å². The monoisotopic (exact) mass is 334 g/mol. The van der Waals surface area contributed by atoms with Crippen molar-refractivity contribution >= 4 is 11.6 Å². The lowest BCUT2D eigenvalue weighted by molar-refractivity contribution is -0.122. The number of methoxy groups -OCH3 is 1. The second-order valence-electron chi connectivity index (χ2n) is 5.71. The maximum atomic E-state index is 13.7. The molecule has 7 heteroatoms. The summed E-state index contributed by atoms with van der Waals surface area (Å²) in [6.07, 6.45) is 0.798. The van der Waals surface area contributed by atoms with Gasteiger partial charge in [0.2, 0.25) is 5.91 Å². The van der Waals surface area contributed by atoms with Crippen molar-refractivity contribution in [2.24, 2.45) is 0 Å². The molecule has 1 amide bonds. The number of carbonyl (C=O) groups is 1. The van der Waals surface area contributed by atoms with Crippen LogP contribution in [0.15, 0.2) is 18.2 Å². The van der Waals surface area contributed by atoms with E-state index in [1.54, 1.807) is 19.2 Å². The Hall–Kier alpha value is -2.17. The van der Waals surface area contributed by atoms with Gasteiger partial charge in [0.05, 0.1) is 12.2 Å². The molecule has 0 unspecified atom stereocenters. The van der Waals surface area contributed by atoms with E-state index in [1.165, 1.54) is 6.07 Å². The molecule has 0 aliphatic carbocycles. The van der Waals surface area contributed by atoms with Crippen LogP contribution in [0.2, 0.25) is 0 Å². The average Bonchev–Trinajstić information content (AvgIpc) is 2.59. The minimum atomic E-state index is -0.493. The first-order valence-corrected chi connectivity index (χ1v) is 8.07. The van der Waals surface area contributed by atoms with Crippen LogP contribution in [-0.2, 0) is 9.53 Å². The highest BCUT2D eigenvalue weighted by molar-refractivity contribution is 5.78. The number of rotatable bonds is 7. The fraction of sp³-hybridized carbons (Fsp3) is 0.529. The number of nitrogens with one attached hydrogen (secondary N) is 1. The number of ether oxygens (including phenoxy) is 1. The van der Waals surface area contributed by atoms with Gasteiger partial charge in [-0.05, 0) is 18.6 Å². The van der Waals surface area contributed by atoms with Crippen LogP contribution in [0.3, 0.4) is 0 Å². The molecule has 1 aliphatic heterocycles. The molecular weight excluding hydrogens is 311 g/mol. The van der Waals surface area contributed by atoms with E-state index < -0.39 is 5.82 Å². The summed E-state index contributed by atoms with van der Waals surface area (Å²) in [5, 5.41) is 12.0. The van der Waals surface area contributed by atoms with Crippen molar-refractivity contribution in [1.29, 1.82) is 5.26 Å². The van der Waals surface area contributed by atoms with Crippen molar-refractivity contribution in [2.75, 3.05) is 57.9 Å². The number of nitriles is 1. The summed E-state index contributed by atoms with van der Waals surface area (Å²) in [4.78, 5) is 15.9. The molecule has 1 saturated heterocycles. The van der Waals surface area contributed by atoms with Gasteiger partial charge in [0.15, 0.2) is 0 Å². The van der Waals surface area contributed by atoms with E-state index >= 15 is 0 Å². The highest BCUT2D eigenvalue weighted by Gasteiger charge is 2.21. The zero-order chi connectivity index (χ0) is 17.4. The number of anilines is 1. The van der Waals surface area contributed by atoms with E-state index in [0.717, 1.165) is 6.42 Å². The lowest BCUT2D eigenvalue weighted by atomic mass is 10.1. The first-order chi connectivity index (χ1) is 11.7. The summed E-state index contributed by atoms with van der Waals surface area (Å²) in [6.45, 7) is 4.33. The number of hydrogen-bond donors (Lipinski definition) is 1. The standard InChI is InChI=1S/C17H23FN4O2/c1-24-11-3-6-20-17(23)13-21-7-9-22(10-8-21)16-5-2-4-15(18)14(16)12-19/h2,4-5H,3,6-11,13H2,1H3,(H,20,23). The molecule has 1 aromatic carbocycles. The van der Waals surface area contributed by atoms with Gasteiger partial charge in [0.1, 0.15) is 17.4 Å². The summed E-state index contributed by atoms with van der Waals surface area (Å²) in [6, 6.07) is 6.61. The third kappa shape index (κ3) is 4.91. The van der Waals surface area contributed by atoms with Crippen LogP contribution in [-0.4, -0.2) is 63.8 Å². The number of hydrogen-bond acceptors (Lipinski definition) is 5. The lowest BCUT2D eigenvalue weighted by Crippen LogP contribution is -2.49. The van der Waals surface area contributed by atoms with Crippen LogP contribution in [0.5, 0.6) is 0 Å². The Bertz CT molecular complexity index is 595. The third-order valence-corrected chi connectivity index (χ3v) is 4.03. The largest absolute Gasteiger partial charge is 0.385 e. The Morgan fingerprint density at radius 3 is 2.79 bits per heavy atom. The predicted molar refractivity (Wildman–Crippen MR) is 89.3 cm³/mol. The molecule has 1 aliphatic rings. The maximum Gasteiger partial charge on any atom is 0.234 e. The van der Waals surface area contributed by atoms with Crippen molar-refractivity contribution in [1.82, 2.24) is 10.2 Å². The van der Waals surface area contributed by atoms with Gasteiger partial charge in [0.25, 0.3) is 0 Å². The molecular formula is C17H23FN4O2. The fourth-order valence-corrected chi connectivity index (χ4v) is 2.74. The first kappa shape index (κ1) is 18.2. The molecule has 0 radical (unpaired) electrons. The molecule has 1 fully saturated rings. The zero-order valence-electron chi connectivity index (χ0n) is 13.9. The molecule has 1 heterocycles. The van der Waals surface area contributed by atoms with Gasteiger partial charge >= 0.3 is 0 Å². The molecule has 0 aromatic heterocycles. The highest BCUT2D eigenvalue weighted by atomic mass is 19.1. The summed E-state index contributed by atoms with van der Waals surface area (Å²) >= 11 is 0. The van der Waals surface area contributed by atoms with E-state index in [4.69, 9.17) is 10.00 Å². The summed E-state index contributed by atoms with van der Waals surface area (Å²) in [7, 11) is 1.64. The van der Waals surface area contributed by atoms with Crippen LogP contribution in [0.4, 0.5) is 10.1 Å². The molecule has 6 nitrogen and oxygen atoms in total. The number of carbonyl (C=O) groups excluding carboxylic acids is 1. The summed E-state index contributed by atoms with van der Waals surface area (Å²) < 4.78 is 18.6. The van der Waals surface area contributed by atoms with E-state index in [1.807, 2.05) is 11.0 Å². The van der Waals surface area contributed by atoms with Crippen LogP contribution in [0, 0.1) is 17.1 Å². The second kappa shape index (κ2) is 9.21. The van der Waals surface area contributed by atoms with E-state index in [9.17, 15) is 9.18 Å². The van der Waals surface area contributed by atoms with Gasteiger partial charge in [-0.25, -0.2) is 4.39 Å². The number of piperazine rings is 1. The SMILES string of the molecule is COCCCNC(=O)CN1CCN(c2cccc(F)c2C#N)CC1. The molecule has 2 rings (SSSR count). The van der Waals surface area contributed by atoms with Crippen LogP contribution in [0.1, 0.15) is 12.0 Å². The number of benzene rings is 1. The maximum absolute atomic E-state index is 13.7. The minimum Gasteiger partial charge on any atom is -0.385 e. The Morgan fingerprint density at radius 1 is 1.38 bits per heavy atom. The number of amides is 1. The van der Waals surface area contributed by atoms with E-state index in [0.29, 0.717) is 51.6 Å². The summed E-state index contributed by atoms with van der Waals surface area (Å²) in [5.74, 6) is -0.490. The Morgan fingerprint density at radius 2 is 2.12 bits per heavy atom. The van der Waals surface area contributed by atoms with Crippen molar-refractivity contribution in [3.63, 3.8) is 0 Å². The van der Waals surface area contributed by atoms with Crippen molar-refractivity contribution in [3.8, 4) is 6.07 Å². The predicted octanol–water partition coefficient (Wildman–Crippen LogP) is 0.972. The Balaban J connectivity index is 1.81. The van der Waals surface area contributed by atoms with Crippen LogP contribution in [0.25, 0.3) is 0 Å². The molecule has 24 heavy (non-hydrogen) atoms. The fourth-order valence-electron chi connectivity index (χ4n) is 2.74. The molecule has 0 atom stereocenters. The number of halogens is 1. The minimum absolute atomic E-state index is 0.00280. The van der Waals surface area contributed by atoms with Crippen molar-refractivity contribution in [3.05, 3.63) is 29.6 Å². The third-order valence-electron chi connectivity index (χ3n) is 4.03. The van der Waals surface area contributed by atoms with E-state index in [2.05, 4.69) is 10.2 Å². The highest BCUT2D eigenvalue weighted by Crippen LogP contribution is 2.23. The van der Waals surface area contributed by atoms with Gasteiger partial charge in [-0.2, -0.15) is 5.26 Å². The van der Waals surface area contributed by atoms with Gasteiger partial charge in [0, 0.05) is 46.4 Å². The second-order valence-corrected chi connectivity index (χ2v) is 5.71. The first-order valence-electron chi connectivity index (χ1n) is 8.07. The van der Waals surface area contributed by atoms with Gasteiger partial charge < -0.3 is 15.0 Å². The Kier molecular flexibility index (Phi) is 6.97. The molecule has 1 N–H and O–H groups in total. The lowest BCUT2D eigenvalue weighted by Gasteiger charge is -2.36. The molecule has 0 bridgehead atoms. The van der Waals surface area contributed by atoms with Gasteiger partial charge in [-0.3, -0.25) is 9.69 Å². The van der Waals surface area contributed by atoms with E-state index in [-0.39, 0.29) is 11.5 Å². The van der Waals surface area contributed by atoms with Gasteiger partial charge in [-0.15, -0.1) is 0 Å². The molecule has 0 spiro atoms. The van der Waals surface area contributed by atoms with Crippen molar-refractivity contribution in [2.45, 2.75) is 6.42 Å². The average molecular weight is 334 g/mol. The van der Waals surface area contributed by atoms with Crippen molar-refractivity contribution < 1.29 is 13.9 Å². The molecule has 1 aromatic rings. The number of nitrogens with zero attached hydrogens (tertiary/aromatic N) is 3. The van der Waals surface area contributed by atoms with Crippen LogP contribution < -0.4 is 10.2 Å². The summed E-state index contributed by atoms with van der Waals surface area (Å²) in [5.41, 5.74) is 0.711. The normalized spacial score (nSPS) is 15.1. The zero-order valence-corrected chi connectivity index (χ0v) is 13.9. The molecule has 0 saturated carbocycles. The quantitative estimate of drug-likeness (QED) is 0.753. The smallest absolute Gasteiger partial charge is 0.234 e.